The Labute approximate surface area is 180 Å². The number of aryl methyl sites for hydroxylation is 1. The number of nitrogens with one attached hydrogen (secondary N) is 2. The first kappa shape index (κ1) is 19.1. The quantitative estimate of drug-likeness (QED) is 0.491. The van der Waals surface area contributed by atoms with Crippen LogP contribution >= 0.6 is 0 Å². The Morgan fingerprint density at radius 1 is 1.19 bits per heavy atom. The molecule has 0 radical (unpaired) electrons. The van der Waals surface area contributed by atoms with Crippen LogP contribution in [0.5, 0.6) is 5.75 Å². The van der Waals surface area contributed by atoms with Crippen molar-refractivity contribution < 1.29 is 4.74 Å². The zero-order valence-corrected chi connectivity index (χ0v) is 17.2. The Bertz CT molecular complexity index is 1280. The number of ether oxygens (including phenoxy) is 1. The summed E-state index contributed by atoms with van der Waals surface area (Å²) in [4.78, 5) is 9.09. The number of fused-ring (bicyclic) bond motifs is 1. The van der Waals surface area contributed by atoms with Crippen molar-refractivity contribution in [2.75, 3.05) is 18.4 Å². The fourth-order valence-electron chi connectivity index (χ4n) is 3.71. The molecule has 7 heteroatoms. The number of hydrogen-bond acceptors (Lipinski definition) is 6. The molecule has 0 unspecified atom stereocenters. The van der Waals surface area contributed by atoms with Gasteiger partial charge in [-0.3, -0.25) is 4.68 Å². The third-order valence-electron chi connectivity index (χ3n) is 5.27. The Morgan fingerprint density at radius 2 is 2.13 bits per heavy atom. The van der Waals surface area contributed by atoms with Crippen LogP contribution in [-0.4, -0.2) is 38.9 Å². The SMILES string of the molecule is C#Cc1ccc2nc(Nc3cc(O[C@H]4CCNC4)cc(-c4cnn(C)c4)c3)ncc2c1. The van der Waals surface area contributed by atoms with Gasteiger partial charge in [0.05, 0.1) is 11.7 Å². The van der Waals surface area contributed by atoms with Crippen LogP contribution in [0.4, 0.5) is 11.6 Å². The predicted molar refractivity (Wildman–Crippen MR) is 121 cm³/mol. The molecule has 0 amide bonds. The highest BCUT2D eigenvalue weighted by molar-refractivity contribution is 5.81. The van der Waals surface area contributed by atoms with Crippen LogP contribution in [0.2, 0.25) is 0 Å². The molecule has 0 aliphatic carbocycles. The molecule has 1 aliphatic rings. The Kier molecular flexibility index (Phi) is 4.98. The second-order valence-corrected chi connectivity index (χ2v) is 7.62. The number of hydrogen-bond donors (Lipinski definition) is 2. The average Bonchev–Trinajstić information content (AvgIpc) is 3.45. The summed E-state index contributed by atoms with van der Waals surface area (Å²) in [6, 6.07) is 11.8. The van der Waals surface area contributed by atoms with Crippen LogP contribution < -0.4 is 15.4 Å². The minimum absolute atomic E-state index is 0.166. The summed E-state index contributed by atoms with van der Waals surface area (Å²) in [7, 11) is 1.90. The van der Waals surface area contributed by atoms with E-state index in [-0.39, 0.29) is 6.10 Å². The maximum atomic E-state index is 6.23. The normalized spacial score (nSPS) is 15.7. The number of aromatic nitrogens is 4. The molecule has 2 N–H and O–H groups in total. The first-order chi connectivity index (χ1) is 15.2. The van der Waals surface area contributed by atoms with Gasteiger partial charge in [-0.15, -0.1) is 6.42 Å². The summed E-state index contributed by atoms with van der Waals surface area (Å²) in [6.45, 7) is 1.83. The average molecular weight is 410 g/mol. The van der Waals surface area contributed by atoms with Crippen molar-refractivity contribution in [3.05, 3.63) is 60.6 Å². The van der Waals surface area contributed by atoms with Crippen molar-refractivity contribution >= 4 is 22.5 Å². The highest BCUT2D eigenvalue weighted by atomic mass is 16.5. The molecule has 2 aromatic carbocycles. The van der Waals surface area contributed by atoms with E-state index in [1.165, 1.54) is 0 Å². The first-order valence-corrected chi connectivity index (χ1v) is 10.2. The molecule has 154 valence electrons. The summed E-state index contributed by atoms with van der Waals surface area (Å²) in [5.74, 6) is 3.95. The van der Waals surface area contributed by atoms with Gasteiger partial charge in [0.2, 0.25) is 5.95 Å². The third kappa shape index (κ3) is 4.20. The second kappa shape index (κ2) is 8.09. The molecule has 2 aromatic heterocycles. The number of benzene rings is 2. The molecule has 1 saturated heterocycles. The number of anilines is 2. The number of rotatable bonds is 5. The zero-order valence-electron chi connectivity index (χ0n) is 17.2. The van der Waals surface area contributed by atoms with Gasteiger partial charge in [-0.1, -0.05) is 5.92 Å². The fourth-order valence-corrected chi connectivity index (χ4v) is 3.71. The van der Waals surface area contributed by atoms with Crippen LogP contribution in [-0.2, 0) is 7.05 Å². The predicted octanol–water partition coefficient (Wildman–Crippen LogP) is 3.50. The van der Waals surface area contributed by atoms with E-state index in [0.29, 0.717) is 5.95 Å². The summed E-state index contributed by atoms with van der Waals surface area (Å²) in [5.41, 5.74) is 4.51. The van der Waals surface area contributed by atoms with Crippen LogP contribution in [0.15, 0.2) is 55.0 Å². The van der Waals surface area contributed by atoms with E-state index < -0.39 is 0 Å². The molecule has 0 spiro atoms. The molecule has 0 bridgehead atoms. The van der Waals surface area contributed by atoms with Gasteiger partial charge in [-0.2, -0.15) is 5.10 Å². The standard InChI is InChI=1S/C24H22N6O/c1-3-16-4-5-23-18(8-16)12-26-24(29-23)28-20-9-17(19-13-27-30(2)15-19)10-22(11-20)31-21-6-7-25-14-21/h1,4-5,8-13,15,21,25H,6-7,14H2,2H3,(H,26,28,29)/t21-/m0/s1. The third-order valence-corrected chi connectivity index (χ3v) is 5.27. The van der Waals surface area contributed by atoms with E-state index in [4.69, 9.17) is 11.2 Å². The lowest BCUT2D eigenvalue weighted by Gasteiger charge is -2.15. The molecule has 3 heterocycles. The molecular weight excluding hydrogens is 388 g/mol. The monoisotopic (exact) mass is 410 g/mol. The smallest absolute Gasteiger partial charge is 0.227 e. The maximum absolute atomic E-state index is 6.23. The highest BCUT2D eigenvalue weighted by Gasteiger charge is 2.17. The second-order valence-electron chi connectivity index (χ2n) is 7.62. The van der Waals surface area contributed by atoms with Crippen molar-refractivity contribution in [1.82, 2.24) is 25.1 Å². The van der Waals surface area contributed by atoms with Crippen molar-refractivity contribution in [2.45, 2.75) is 12.5 Å². The van der Waals surface area contributed by atoms with Crippen LogP contribution in [0, 0.1) is 12.3 Å². The lowest BCUT2D eigenvalue weighted by molar-refractivity contribution is 0.223. The van der Waals surface area contributed by atoms with Gasteiger partial charge in [0.1, 0.15) is 11.9 Å². The van der Waals surface area contributed by atoms with E-state index >= 15 is 0 Å². The van der Waals surface area contributed by atoms with Gasteiger partial charge in [0, 0.05) is 54.3 Å². The minimum atomic E-state index is 0.166. The topological polar surface area (TPSA) is 76.9 Å². The molecule has 1 aliphatic heterocycles. The van der Waals surface area contributed by atoms with Gasteiger partial charge in [-0.25, -0.2) is 9.97 Å². The lowest BCUT2D eigenvalue weighted by atomic mass is 10.1. The summed E-state index contributed by atoms with van der Waals surface area (Å²) >= 11 is 0. The summed E-state index contributed by atoms with van der Waals surface area (Å²) in [6.07, 6.45) is 12.2. The van der Waals surface area contributed by atoms with Gasteiger partial charge in [0.25, 0.3) is 0 Å². The van der Waals surface area contributed by atoms with E-state index in [9.17, 15) is 0 Å². The van der Waals surface area contributed by atoms with Crippen molar-refractivity contribution in [1.29, 1.82) is 0 Å². The maximum Gasteiger partial charge on any atom is 0.227 e. The van der Waals surface area contributed by atoms with E-state index in [2.05, 4.69) is 31.6 Å². The fraction of sp³-hybridized carbons (Fsp3) is 0.208. The van der Waals surface area contributed by atoms with Crippen LogP contribution in [0.25, 0.3) is 22.0 Å². The molecule has 4 aromatic rings. The number of nitrogens with zero attached hydrogens (tertiary/aromatic N) is 4. The molecule has 5 rings (SSSR count). The van der Waals surface area contributed by atoms with Gasteiger partial charge < -0.3 is 15.4 Å². The van der Waals surface area contributed by atoms with Crippen LogP contribution in [0.3, 0.4) is 0 Å². The van der Waals surface area contributed by atoms with Crippen molar-refractivity contribution in [3.8, 4) is 29.2 Å². The Hall–Kier alpha value is -3.89. The summed E-state index contributed by atoms with van der Waals surface area (Å²) in [5, 5.41) is 11.9. The highest BCUT2D eigenvalue weighted by Crippen LogP contribution is 2.31. The van der Waals surface area contributed by atoms with Crippen LogP contribution in [0.1, 0.15) is 12.0 Å². The molecular formula is C24H22N6O. The molecule has 31 heavy (non-hydrogen) atoms. The van der Waals surface area contributed by atoms with Crippen molar-refractivity contribution in [3.63, 3.8) is 0 Å². The molecule has 7 nitrogen and oxygen atoms in total. The zero-order chi connectivity index (χ0) is 21.2. The molecule has 1 atom stereocenters. The molecule has 0 saturated carbocycles. The van der Waals surface area contributed by atoms with Crippen molar-refractivity contribution in [2.24, 2.45) is 7.05 Å². The molecule has 1 fully saturated rings. The van der Waals surface area contributed by atoms with Gasteiger partial charge >= 0.3 is 0 Å². The summed E-state index contributed by atoms with van der Waals surface area (Å²) < 4.78 is 8.01. The first-order valence-electron chi connectivity index (χ1n) is 10.2. The number of terminal acetylenes is 1. The van der Waals surface area contributed by atoms with Gasteiger partial charge in [0.15, 0.2) is 0 Å². The van der Waals surface area contributed by atoms with E-state index in [1.54, 1.807) is 10.9 Å². The van der Waals surface area contributed by atoms with Gasteiger partial charge in [-0.05, 0) is 48.9 Å². The lowest BCUT2D eigenvalue weighted by Crippen LogP contribution is -2.19. The Morgan fingerprint density at radius 3 is 2.90 bits per heavy atom. The largest absolute Gasteiger partial charge is 0.489 e. The van der Waals surface area contributed by atoms with E-state index in [1.807, 2.05) is 55.8 Å². The van der Waals surface area contributed by atoms with E-state index in [0.717, 1.165) is 58.5 Å². The minimum Gasteiger partial charge on any atom is -0.489 e. The Balaban J connectivity index is 1.48.